The summed E-state index contributed by atoms with van der Waals surface area (Å²) in [4.78, 5) is 0. The molecule has 2 atom stereocenters. The molecule has 2 aliphatic rings. The molecule has 1 N–H and O–H groups in total. The fourth-order valence-electron chi connectivity index (χ4n) is 2.68. The Morgan fingerprint density at radius 1 is 1.43 bits per heavy atom. The molecular formula is C12H23NS. The maximum Gasteiger partial charge on any atom is 0.0191 e. The van der Waals surface area contributed by atoms with E-state index < -0.39 is 0 Å². The summed E-state index contributed by atoms with van der Waals surface area (Å²) in [7, 11) is 0. The Hall–Kier alpha value is 0.310. The molecule has 1 saturated heterocycles. The summed E-state index contributed by atoms with van der Waals surface area (Å²) in [6, 6.07) is 0.795. The van der Waals surface area contributed by atoms with Gasteiger partial charge in [-0.15, -0.1) is 0 Å². The molecule has 82 valence electrons. The molecule has 14 heavy (non-hydrogen) atoms. The highest BCUT2D eigenvalue weighted by atomic mass is 32.2. The summed E-state index contributed by atoms with van der Waals surface area (Å²) in [5, 5.41) is 4.64. The van der Waals surface area contributed by atoms with Gasteiger partial charge >= 0.3 is 0 Å². The van der Waals surface area contributed by atoms with Crippen molar-refractivity contribution in [3.8, 4) is 0 Å². The molecule has 0 aromatic rings. The van der Waals surface area contributed by atoms with Gasteiger partial charge in [0.25, 0.3) is 0 Å². The maximum atomic E-state index is 3.80. The molecule has 2 rings (SSSR count). The molecule has 0 aromatic heterocycles. The van der Waals surface area contributed by atoms with Gasteiger partial charge in [0.05, 0.1) is 0 Å². The highest BCUT2D eigenvalue weighted by molar-refractivity contribution is 8.00. The van der Waals surface area contributed by atoms with Crippen molar-refractivity contribution in [3.05, 3.63) is 0 Å². The van der Waals surface area contributed by atoms with E-state index in [9.17, 15) is 0 Å². The largest absolute Gasteiger partial charge is 0.312 e. The second-order valence-corrected chi connectivity index (χ2v) is 6.54. The second kappa shape index (κ2) is 4.44. The van der Waals surface area contributed by atoms with E-state index >= 15 is 0 Å². The minimum atomic E-state index is 0.687. The number of rotatable bonds is 4. The van der Waals surface area contributed by atoms with Crippen molar-refractivity contribution in [2.75, 3.05) is 12.3 Å². The average molecular weight is 213 g/mol. The Morgan fingerprint density at radius 2 is 2.21 bits per heavy atom. The highest BCUT2D eigenvalue weighted by Gasteiger charge is 2.36. The van der Waals surface area contributed by atoms with Crippen molar-refractivity contribution in [1.82, 2.24) is 5.32 Å². The Kier molecular flexibility index (Phi) is 3.43. The van der Waals surface area contributed by atoms with Gasteiger partial charge in [-0.05, 0) is 36.9 Å². The topological polar surface area (TPSA) is 12.0 Å². The van der Waals surface area contributed by atoms with Gasteiger partial charge in [0.2, 0.25) is 0 Å². The summed E-state index contributed by atoms with van der Waals surface area (Å²) in [5.41, 5.74) is 0.687. The first-order valence-corrected chi connectivity index (χ1v) is 7.16. The quantitative estimate of drug-likeness (QED) is 0.770. The number of thioether (sulfide) groups is 1. The first-order valence-electron chi connectivity index (χ1n) is 6.11. The summed E-state index contributed by atoms with van der Waals surface area (Å²) in [6.07, 6.45) is 7.14. The summed E-state index contributed by atoms with van der Waals surface area (Å²) >= 11 is 2.13. The zero-order valence-corrected chi connectivity index (χ0v) is 10.3. The lowest BCUT2D eigenvalue weighted by molar-refractivity contribution is 0.119. The molecule has 0 radical (unpaired) electrons. The van der Waals surface area contributed by atoms with Crippen LogP contribution in [0.5, 0.6) is 0 Å². The van der Waals surface area contributed by atoms with E-state index in [1.54, 1.807) is 0 Å². The van der Waals surface area contributed by atoms with Crippen molar-refractivity contribution >= 4 is 11.8 Å². The van der Waals surface area contributed by atoms with E-state index in [4.69, 9.17) is 0 Å². The monoisotopic (exact) mass is 213 g/mol. The van der Waals surface area contributed by atoms with Crippen LogP contribution in [0.25, 0.3) is 0 Å². The molecule has 1 aliphatic carbocycles. The van der Waals surface area contributed by atoms with Crippen LogP contribution >= 0.6 is 11.8 Å². The molecule has 1 heterocycles. The standard InChI is InChI=1S/C12H23NS/c1-3-12(6-4-7-12)9-13-11-5-8-14-10(11)2/h10-11,13H,3-9H2,1-2H3. The van der Waals surface area contributed by atoms with Crippen LogP contribution in [0.4, 0.5) is 0 Å². The van der Waals surface area contributed by atoms with Crippen LogP contribution in [-0.2, 0) is 0 Å². The first-order chi connectivity index (χ1) is 6.76. The molecule has 2 fully saturated rings. The van der Waals surface area contributed by atoms with Gasteiger partial charge in [0, 0.05) is 17.8 Å². The number of hydrogen-bond acceptors (Lipinski definition) is 2. The summed E-state index contributed by atoms with van der Waals surface area (Å²) < 4.78 is 0. The van der Waals surface area contributed by atoms with E-state index in [1.165, 1.54) is 44.4 Å². The molecule has 0 spiro atoms. The molecule has 0 aromatic carbocycles. The van der Waals surface area contributed by atoms with Crippen LogP contribution in [0.1, 0.15) is 46.0 Å². The maximum absolute atomic E-state index is 3.80. The lowest BCUT2D eigenvalue weighted by atomic mass is 9.67. The van der Waals surface area contributed by atoms with Gasteiger partial charge in [-0.1, -0.05) is 20.3 Å². The Bertz CT molecular complexity index is 183. The molecule has 1 aliphatic heterocycles. The zero-order chi connectivity index (χ0) is 10.0. The van der Waals surface area contributed by atoms with E-state index in [0.717, 1.165) is 11.3 Å². The van der Waals surface area contributed by atoms with E-state index in [0.29, 0.717) is 5.41 Å². The zero-order valence-electron chi connectivity index (χ0n) is 9.51. The summed E-state index contributed by atoms with van der Waals surface area (Å²) in [5.74, 6) is 1.36. The average Bonchev–Trinajstić information content (AvgIpc) is 2.51. The lowest BCUT2D eigenvalue weighted by Gasteiger charge is -2.42. The van der Waals surface area contributed by atoms with Gasteiger partial charge in [-0.25, -0.2) is 0 Å². The Morgan fingerprint density at radius 3 is 2.64 bits per heavy atom. The molecule has 1 saturated carbocycles. The molecule has 2 heteroatoms. The summed E-state index contributed by atoms with van der Waals surface area (Å²) in [6.45, 7) is 6.00. The second-order valence-electron chi connectivity index (χ2n) is 5.06. The van der Waals surface area contributed by atoms with Crippen LogP contribution in [0.3, 0.4) is 0 Å². The lowest BCUT2D eigenvalue weighted by Crippen LogP contribution is -2.45. The molecule has 0 bridgehead atoms. The van der Waals surface area contributed by atoms with Gasteiger partial charge < -0.3 is 5.32 Å². The predicted octanol–water partition coefficient (Wildman–Crippen LogP) is 3.05. The van der Waals surface area contributed by atoms with E-state index in [2.05, 4.69) is 30.9 Å². The predicted molar refractivity (Wildman–Crippen MR) is 64.9 cm³/mol. The van der Waals surface area contributed by atoms with Gasteiger partial charge in [-0.2, -0.15) is 11.8 Å². The van der Waals surface area contributed by atoms with Gasteiger partial charge in [0.1, 0.15) is 0 Å². The minimum Gasteiger partial charge on any atom is -0.312 e. The molecule has 2 unspecified atom stereocenters. The smallest absolute Gasteiger partial charge is 0.0191 e. The van der Waals surface area contributed by atoms with Crippen LogP contribution in [0, 0.1) is 5.41 Å². The Labute approximate surface area is 92.4 Å². The van der Waals surface area contributed by atoms with Gasteiger partial charge in [-0.3, -0.25) is 0 Å². The van der Waals surface area contributed by atoms with E-state index in [1.807, 2.05) is 0 Å². The first kappa shape index (κ1) is 10.8. The SMILES string of the molecule is CCC1(CNC2CCSC2C)CCC1. The number of hydrogen-bond donors (Lipinski definition) is 1. The normalized spacial score (nSPS) is 35.6. The fourth-order valence-corrected chi connectivity index (χ4v) is 3.91. The minimum absolute atomic E-state index is 0.687. The Balaban J connectivity index is 1.75. The third-order valence-corrected chi connectivity index (χ3v) is 5.61. The molecule has 0 amide bonds. The van der Waals surface area contributed by atoms with Crippen molar-refractivity contribution in [3.63, 3.8) is 0 Å². The fraction of sp³-hybridized carbons (Fsp3) is 1.00. The van der Waals surface area contributed by atoms with Gasteiger partial charge in [0.15, 0.2) is 0 Å². The van der Waals surface area contributed by atoms with Crippen LogP contribution in [0.15, 0.2) is 0 Å². The third kappa shape index (κ3) is 2.11. The van der Waals surface area contributed by atoms with E-state index in [-0.39, 0.29) is 0 Å². The van der Waals surface area contributed by atoms with Crippen molar-refractivity contribution in [1.29, 1.82) is 0 Å². The molecular weight excluding hydrogens is 190 g/mol. The van der Waals surface area contributed by atoms with Crippen LogP contribution in [0.2, 0.25) is 0 Å². The molecule has 1 nitrogen and oxygen atoms in total. The third-order valence-electron chi connectivity index (χ3n) is 4.28. The number of nitrogens with one attached hydrogen (secondary N) is 1. The van der Waals surface area contributed by atoms with Crippen molar-refractivity contribution in [2.24, 2.45) is 5.41 Å². The van der Waals surface area contributed by atoms with Crippen LogP contribution < -0.4 is 5.32 Å². The van der Waals surface area contributed by atoms with Crippen LogP contribution in [-0.4, -0.2) is 23.6 Å². The van der Waals surface area contributed by atoms with Crippen molar-refractivity contribution in [2.45, 2.75) is 57.2 Å². The highest BCUT2D eigenvalue weighted by Crippen LogP contribution is 2.43. The van der Waals surface area contributed by atoms with Crippen molar-refractivity contribution < 1.29 is 0 Å².